The maximum atomic E-state index is 6.15. The van der Waals surface area contributed by atoms with E-state index >= 15 is 0 Å². The highest BCUT2D eigenvalue weighted by Gasteiger charge is 2.30. The van der Waals surface area contributed by atoms with E-state index in [-0.39, 0.29) is 0 Å². The van der Waals surface area contributed by atoms with Gasteiger partial charge in [-0.2, -0.15) is 0 Å². The maximum absolute atomic E-state index is 6.15. The van der Waals surface area contributed by atoms with Gasteiger partial charge < -0.3 is 18.9 Å². The Kier molecular flexibility index (Phi) is 6.03. The van der Waals surface area contributed by atoms with E-state index in [4.69, 9.17) is 18.9 Å². The van der Waals surface area contributed by atoms with Crippen LogP contribution in [-0.2, 0) is 22.7 Å². The fourth-order valence-corrected chi connectivity index (χ4v) is 3.85. The quantitative estimate of drug-likeness (QED) is 0.324. The molecule has 0 saturated carbocycles. The van der Waals surface area contributed by atoms with Gasteiger partial charge in [0.25, 0.3) is 0 Å². The number of hydrogen-bond acceptors (Lipinski definition) is 4. The molecule has 2 aliphatic heterocycles. The summed E-state index contributed by atoms with van der Waals surface area (Å²) in [6.45, 7) is 14.8. The van der Waals surface area contributed by atoms with Gasteiger partial charge in [-0.15, -0.1) is 0 Å². The van der Waals surface area contributed by atoms with E-state index in [0.29, 0.717) is 37.9 Å². The third-order valence-electron chi connectivity index (χ3n) is 5.58. The predicted octanol–water partition coefficient (Wildman–Crippen LogP) is 6.71. The first-order chi connectivity index (χ1) is 14.6. The summed E-state index contributed by atoms with van der Waals surface area (Å²) in [4.78, 5) is 0. The fourth-order valence-electron chi connectivity index (χ4n) is 3.85. The maximum Gasteiger partial charge on any atom is 0.128 e. The molecule has 0 amide bonds. The zero-order valence-corrected chi connectivity index (χ0v) is 18.0. The Bertz CT molecular complexity index is 843. The molecule has 0 saturated heterocycles. The molecule has 2 aliphatic rings. The fraction of sp³-hybridized carbons (Fsp3) is 0.385. The Labute approximate surface area is 179 Å². The van der Waals surface area contributed by atoms with Crippen LogP contribution in [0, 0.1) is 0 Å². The van der Waals surface area contributed by atoms with Crippen LogP contribution >= 0.6 is 0 Å². The van der Waals surface area contributed by atoms with Crippen LogP contribution in [0.25, 0.3) is 22.6 Å². The van der Waals surface area contributed by atoms with Gasteiger partial charge in [0, 0.05) is 33.4 Å². The molecule has 0 fully saturated rings. The van der Waals surface area contributed by atoms with Crippen molar-refractivity contribution in [3.63, 3.8) is 0 Å². The second-order valence-electron chi connectivity index (χ2n) is 7.84. The summed E-state index contributed by atoms with van der Waals surface area (Å²) >= 11 is 0. The summed E-state index contributed by atoms with van der Waals surface area (Å²) in [6.07, 6.45) is 4.22. The van der Waals surface area contributed by atoms with Gasteiger partial charge in [0.15, 0.2) is 0 Å². The van der Waals surface area contributed by atoms with Crippen LogP contribution in [0.1, 0.15) is 61.8 Å². The molecule has 0 N–H and O–H groups in total. The summed E-state index contributed by atoms with van der Waals surface area (Å²) in [5.41, 5.74) is 6.33. The monoisotopic (exact) mass is 406 g/mol. The Balaban J connectivity index is 1.64. The molecule has 2 aromatic carbocycles. The lowest BCUT2D eigenvalue weighted by Crippen LogP contribution is -2.15. The summed E-state index contributed by atoms with van der Waals surface area (Å²) < 4.78 is 23.9. The van der Waals surface area contributed by atoms with Crippen molar-refractivity contribution in [2.45, 2.75) is 52.7 Å². The molecular weight excluding hydrogens is 376 g/mol. The van der Waals surface area contributed by atoms with Crippen molar-refractivity contribution in [3.05, 3.63) is 59.7 Å². The second kappa shape index (κ2) is 8.86. The van der Waals surface area contributed by atoms with Gasteiger partial charge in [-0.25, -0.2) is 0 Å². The van der Waals surface area contributed by atoms with E-state index < -0.39 is 0 Å². The number of ether oxygens (including phenoxy) is 4. The largest absolute Gasteiger partial charge is 0.494 e. The SMILES string of the molecule is C=C(OCCCC)c1cc2c3c(c1)OCc1cc(C(=C)OCCCC)cc(c1-3)OC2. The average Bonchev–Trinajstić information content (AvgIpc) is 2.77. The van der Waals surface area contributed by atoms with Gasteiger partial charge in [0.2, 0.25) is 0 Å². The first kappa shape index (κ1) is 20.4. The van der Waals surface area contributed by atoms with Crippen LogP contribution in [0.3, 0.4) is 0 Å². The highest BCUT2D eigenvalue weighted by Crippen LogP contribution is 2.50. The zero-order chi connectivity index (χ0) is 21.1. The van der Waals surface area contributed by atoms with Gasteiger partial charge in [-0.1, -0.05) is 39.8 Å². The van der Waals surface area contributed by atoms with Gasteiger partial charge in [-0.3, -0.25) is 0 Å². The molecule has 0 unspecified atom stereocenters. The molecule has 158 valence electrons. The average molecular weight is 407 g/mol. The third-order valence-corrected chi connectivity index (χ3v) is 5.58. The molecule has 2 aromatic rings. The molecule has 4 rings (SSSR count). The standard InChI is InChI=1S/C26H30O4/c1-5-7-9-27-17(3)19-11-21-15-30-24-14-20(18(4)28-10-8-6-2)12-22-16-29-23(13-19)25(21)26(22)24/h11-14H,3-10,15-16H2,1-2H3. The van der Waals surface area contributed by atoms with Crippen molar-refractivity contribution in [3.8, 4) is 22.6 Å². The van der Waals surface area contributed by atoms with Crippen molar-refractivity contribution in [2.75, 3.05) is 13.2 Å². The number of benzene rings is 2. The van der Waals surface area contributed by atoms with E-state index in [1.807, 2.05) is 12.1 Å². The Morgan fingerprint density at radius 3 is 1.60 bits per heavy atom. The first-order valence-corrected chi connectivity index (χ1v) is 10.9. The third kappa shape index (κ3) is 3.91. The molecule has 0 radical (unpaired) electrons. The molecule has 0 aliphatic carbocycles. The van der Waals surface area contributed by atoms with Gasteiger partial charge in [-0.05, 0) is 37.1 Å². The molecule has 0 atom stereocenters. The number of unbranched alkanes of at least 4 members (excludes halogenated alkanes) is 2. The van der Waals surface area contributed by atoms with Crippen molar-refractivity contribution in [2.24, 2.45) is 0 Å². The van der Waals surface area contributed by atoms with E-state index in [1.54, 1.807) is 0 Å². The number of hydrogen-bond donors (Lipinski definition) is 0. The Morgan fingerprint density at radius 2 is 1.20 bits per heavy atom. The minimum absolute atomic E-state index is 0.487. The molecule has 4 heteroatoms. The van der Waals surface area contributed by atoms with Crippen LogP contribution in [0.15, 0.2) is 37.4 Å². The van der Waals surface area contributed by atoms with E-state index in [2.05, 4.69) is 39.1 Å². The van der Waals surface area contributed by atoms with Crippen molar-refractivity contribution in [1.82, 2.24) is 0 Å². The van der Waals surface area contributed by atoms with Gasteiger partial charge in [0.1, 0.15) is 36.2 Å². The lowest BCUT2D eigenvalue weighted by Gasteiger charge is -2.30. The van der Waals surface area contributed by atoms with E-state index in [9.17, 15) is 0 Å². The van der Waals surface area contributed by atoms with Crippen molar-refractivity contribution < 1.29 is 18.9 Å². The van der Waals surface area contributed by atoms with Crippen LogP contribution in [-0.4, -0.2) is 13.2 Å². The molecule has 0 aromatic heterocycles. The summed E-state index contributed by atoms with van der Waals surface area (Å²) in [5, 5.41) is 0. The highest BCUT2D eigenvalue weighted by atomic mass is 16.5. The van der Waals surface area contributed by atoms with Crippen molar-refractivity contribution >= 4 is 11.5 Å². The molecule has 2 heterocycles. The molecule has 0 spiro atoms. The van der Waals surface area contributed by atoms with Crippen LogP contribution < -0.4 is 9.47 Å². The molecule has 0 bridgehead atoms. The van der Waals surface area contributed by atoms with Crippen LogP contribution in [0.4, 0.5) is 0 Å². The topological polar surface area (TPSA) is 36.9 Å². The van der Waals surface area contributed by atoms with Crippen molar-refractivity contribution in [1.29, 1.82) is 0 Å². The van der Waals surface area contributed by atoms with Crippen LogP contribution in [0.5, 0.6) is 11.5 Å². The predicted molar refractivity (Wildman–Crippen MR) is 120 cm³/mol. The lowest BCUT2D eigenvalue weighted by molar-refractivity contribution is 0.265. The summed E-state index contributed by atoms with van der Waals surface area (Å²) in [7, 11) is 0. The lowest BCUT2D eigenvalue weighted by atomic mass is 9.88. The molecular formula is C26H30O4. The summed E-state index contributed by atoms with van der Waals surface area (Å²) in [6, 6.07) is 8.28. The first-order valence-electron chi connectivity index (χ1n) is 10.9. The Hall–Kier alpha value is -2.88. The number of rotatable bonds is 10. The van der Waals surface area contributed by atoms with E-state index in [1.165, 1.54) is 0 Å². The second-order valence-corrected chi connectivity index (χ2v) is 7.84. The van der Waals surface area contributed by atoms with Gasteiger partial charge in [0.05, 0.1) is 13.2 Å². The van der Waals surface area contributed by atoms with Gasteiger partial charge >= 0.3 is 0 Å². The van der Waals surface area contributed by atoms with Crippen LogP contribution in [0.2, 0.25) is 0 Å². The molecule has 4 nitrogen and oxygen atoms in total. The smallest absolute Gasteiger partial charge is 0.128 e. The van der Waals surface area contributed by atoms with E-state index in [0.717, 1.165) is 70.6 Å². The normalized spacial score (nSPS) is 13.0. The molecule has 30 heavy (non-hydrogen) atoms. The zero-order valence-electron chi connectivity index (χ0n) is 18.0. The summed E-state index contributed by atoms with van der Waals surface area (Å²) in [5.74, 6) is 3.09. The Morgan fingerprint density at radius 1 is 0.767 bits per heavy atom. The minimum atomic E-state index is 0.487. The highest BCUT2D eigenvalue weighted by molar-refractivity contribution is 5.87. The minimum Gasteiger partial charge on any atom is -0.494 e.